The van der Waals surface area contributed by atoms with Crippen LogP contribution in [0.5, 0.6) is 0 Å². The highest BCUT2D eigenvalue weighted by molar-refractivity contribution is 8.18. The van der Waals surface area contributed by atoms with Crippen molar-refractivity contribution >= 4 is 46.3 Å². The van der Waals surface area contributed by atoms with Gasteiger partial charge in [0.25, 0.3) is 16.8 Å². The summed E-state index contributed by atoms with van der Waals surface area (Å²) in [7, 11) is 0. The summed E-state index contributed by atoms with van der Waals surface area (Å²) in [6.45, 7) is -0.409. The predicted molar refractivity (Wildman–Crippen MR) is 119 cm³/mol. The van der Waals surface area contributed by atoms with E-state index in [0.29, 0.717) is 34.5 Å². The van der Waals surface area contributed by atoms with Crippen molar-refractivity contribution in [2.75, 3.05) is 11.9 Å². The first-order valence-corrected chi connectivity index (χ1v) is 10.2. The van der Waals surface area contributed by atoms with Crippen LogP contribution in [0.4, 0.5) is 16.2 Å². The summed E-state index contributed by atoms with van der Waals surface area (Å²) >= 11 is 0.706. The zero-order chi connectivity index (χ0) is 22.7. The number of amides is 3. The maximum Gasteiger partial charge on any atom is 0.294 e. The van der Waals surface area contributed by atoms with Crippen LogP contribution < -0.4 is 5.32 Å². The first-order chi connectivity index (χ1) is 15.4. The average Bonchev–Trinajstić information content (AvgIpc) is 3.35. The summed E-state index contributed by atoms with van der Waals surface area (Å²) in [6.07, 6.45) is 1.40. The SMILES string of the molecule is O=C(CN1C(=O)S/C(=C\c2ccc(-c3cccc([N+](=O)[O-])c3)o2)C1=O)Nc1ccccc1. The molecule has 0 unspecified atom stereocenters. The molecule has 160 valence electrons. The van der Waals surface area contributed by atoms with Crippen LogP contribution in [0.15, 0.2) is 76.1 Å². The van der Waals surface area contributed by atoms with Gasteiger partial charge in [0, 0.05) is 29.5 Å². The molecule has 10 heteroatoms. The number of furan rings is 1. The fourth-order valence-electron chi connectivity index (χ4n) is 2.99. The van der Waals surface area contributed by atoms with Gasteiger partial charge in [-0.15, -0.1) is 0 Å². The number of hydrogen-bond acceptors (Lipinski definition) is 7. The molecule has 32 heavy (non-hydrogen) atoms. The number of nitro groups is 1. The lowest BCUT2D eigenvalue weighted by molar-refractivity contribution is -0.384. The van der Waals surface area contributed by atoms with Crippen LogP contribution in [0.1, 0.15) is 5.76 Å². The maximum absolute atomic E-state index is 12.6. The first-order valence-electron chi connectivity index (χ1n) is 9.35. The smallest absolute Gasteiger partial charge is 0.294 e. The molecule has 0 spiro atoms. The molecule has 2 heterocycles. The van der Waals surface area contributed by atoms with Gasteiger partial charge in [0.2, 0.25) is 5.91 Å². The number of anilines is 1. The molecule has 0 saturated carbocycles. The van der Waals surface area contributed by atoms with Crippen molar-refractivity contribution < 1.29 is 23.7 Å². The minimum atomic E-state index is -0.600. The summed E-state index contributed by atoms with van der Waals surface area (Å²) in [4.78, 5) is 48.5. The standard InChI is InChI=1S/C22H15N3O6S/c26-20(23-15-6-2-1-3-7-15)13-24-21(27)19(32-22(24)28)12-17-9-10-18(31-17)14-5-4-8-16(11-14)25(29)30/h1-12H,13H2,(H,23,26)/b19-12-. The Morgan fingerprint density at radius 3 is 2.62 bits per heavy atom. The number of non-ortho nitro benzene ring substituents is 1. The topological polar surface area (TPSA) is 123 Å². The van der Waals surface area contributed by atoms with E-state index in [2.05, 4.69) is 5.32 Å². The highest BCUT2D eigenvalue weighted by Gasteiger charge is 2.36. The summed E-state index contributed by atoms with van der Waals surface area (Å²) in [5.41, 5.74) is 0.990. The molecule has 1 fully saturated rings. The molecular formula is C22H15N3O6S. The Morgan fingerprint density at radius 2 is 1.88 bits per heavy atom. The third-order valence-electron chi connectivity index (χ3n) is 4.47. The van der Waals surface area contributed by atoms with E-state index < -0.39 is 28.5 Å². The zero-order valence-electron chi connectivity index (χ0n) is 16.4. The molecule has 3 aromatic rings. The number of nitrogens with one attached hydrogen (secondary N) is 1. The summed E-state index contributed by atoms with van der Waals surface area (Å²) < 4.78 is 5.67. The van der Waals surface area contributed by atoms with Crippen molar-refractivity contribution in [3.63, 3.8) is 0 Å². The van der Waals surface area contributed by atoms with E-state index >= 15 is 0 Å². The molecule has 0 bridgehead atoms. The van der Waals surface area contributed by atoms with Gasteiger partial charge in [-0.25, -0.2) is 0 Å². The molecule has 4 rings (SSSR count). The van der Waals surface area contributed by atoms with Gasteiger partial charge in [0.05, 0.1) is 9.83 Å². The second kappa shape index (κ2) is 8.90. The molecule has 1 saturated heterocycles. The molecule has 0 aliphatic carbocycles. The van der Waals surface area contributed by atoms with Gasteiger partial charge in [-0.1, -0.05) is 30.3 Å². The van der Waals surface area contributed by atoms with Crippen LogP contribution in [-0.4, -0.2) is 33.4 Å². The Kier molecular flexibility index (Phi) is 5.86. The van der Waals surface area contributed by atoms with Crippen LogP contribution in [-0.2, 0) is 9.59 Å². The number of benzene rings is 2. The van der Waals surface area contributed by atoms with E-state index in [1.165, 1.54) is 18.2 Å². The molecule has 1 aliphatic rings. The van der Waals surface area contributed by atoms with Gasteiger partial charge in [0.1, 0.15) is 18.1 Å². The van der Waals surface area contributed by atoms with Crippen LogP contribution in [0.25, 0.3) is 17.4 Å². The van der Waals surface area contributed by atoms with Gasteiger partial charge in [-0.2, -0.15) is 0 Å². The number of imide groups is 1. The Balaban J connectivity index is 1.47. The van der Waals surface area contributed by atoms with Crippen molar-refractivity contribution in [2.24, 2.45) is 0 Å². The van der Waals surface area contributed by atoms with Gasteiger partial charge in [-0.05, 0) is 36.0 Å². The normalized spacial score (nSPS) is 14.8. The minimum Gasteiger partial charge on any atom is -0.457 e. The maximum atomic E-state index is 12.6. The Morgan fingerprint density at radius 1 is 1.09 bits per heavy atom. The second-order valence-electron chi connectivity index (χ2n) is 6.69. The number of para-hydroxylation sites is 1. The summed E-state index contributed by atoms with van der Waals surface area (Å²) in [5.74, 6) is -0.422. The van der Waals surface area contributed by atoms with Crippen molar-refractivity contribution in [3.05, 3.63) is 87.5 Å². The number of hydrogen-bond donors (Lipinski definition) is 1. The van der Waals surface area contributed by atoms with E-state index in [9.17, 15) is 24.5 Å². The Hall–Kier alpha value is -4.18. The third-order valence-corrected chi connectivity index (χ3v) is 5.38. The van der Waals surface area contributed by atoms with Crippen molar-refractivity contribution in [1.29, 1.82) is 0 Å². The quantitative estimate of drug-likeness (QED) is 0.333. The van der Waals surface area contributed by atoms with Crippen LogP contribution >= 0.6 is 11.8 Å². The summed E-state index contributed by atoms with van der Waals surface area (Å²) in [5, 5.41) is 13.0. The van der Waals surface area contributed by atoms with Gasteiger partial charge in [0.15, 0.2) is 0 Å². The number of thioether (sulfide) groups is 1. The van der Waals surface area contributed by atoms with E-state index in [4.69, 9.17) is 4.42 Å². The Bertz CT molecular complexity index is 1250. The average molecular weight is 449 g/mol. The van der Waals surface area contributed by atoms with Crippen molar-refractivity contribution in [1.82, 2.24) is 4.90 Å². The predicted octanol–water partition coefficient (Wildman–Crippen LogP) is 4.53. The van der Waals surface area contributed by atoms with Crippen molar-refractivity contribution in [3.8, 4) is 11.3 Å². The largest absolute Gasteiger partial charge is 0.457 e. The van der Waals surface area contributed by atoms with E-state index in [1.54, 1.807) is 54.6 Å². The number of nitrogens with zero attached hydrogens (tertiary/aromatic N) is 2. The monoisotopic (exact) mass is 449 g/mol. The number of carbonyl (C=O) groups is 3. The second-order valence-corrected chi connectivity index (χ2v) is 7.68. The molecule has 0 radical (unpaired) electrons. The molecule has 9 nitrogen and oxygen atoms in total. The highest BCUT2D eigenvalue weighted by Crippen LogP contribution is 2.33. The molecule has 2 aromatic carbocycles. The molecule has 1 N–H and O–H groups in total. The third kappa shape index (κ3) is 4.60. The summed E-state index contributed by atoms with van der Waals surface area (Å²) in [6, 6.07) is 17.9. The fraction of sp³-hybridized carbons (Fsp3) is 0.0455. The fourth-order valence-corrected chi connectivity index (χ4v) is 3.81. The van der Waals surface area contributed by atoms with Crippen LogP contribution in [0.3, 0.4) is 0 Å². The molecule has 3 amide bonds. The Labute approximate surface area is 185 Å². The van der Waals surface area contributed by atoms with E-state index in [0.717, 1.165) is 4.90 Å². The molecular weight excluding hydrogens is 434 g/mol. The first kappa shape index (κ1) is 21.1. The van der Waals surface area contributed by atoms with E-state index in [1.807, 2.05) is 0 Å². The number of nitro benzene ring substituents is 1. The lowest BCUT2D eigenvalue weighted by Crippen LogP contribution is -2.36. The zero-order valence-corrected chi connectivity index (χ0v) is 17.2. The molecule has 1 aromatic heterocycles. The molecule has 1 aliphatic heterocycles. The highest BCUT2D eigenvalue weighted by atomic mass is 32.2. The van der Waals surface area contributed by atoms with E-state index in [-0.39, 0.29) is 10.6 Å². The minimum absolute atomic E-state index is 0.0738. The lowest BCUT2D eigenvalue weighted by atomic mass is 10.1. The van der Waals surface area contributed by atoms with Crippen LogP contribution in [0.2, 0.25) is 0 Å². The van der Waals surface area contributed by atoms with Crippen LogP contribution in [0, 0.1) is 10.1 Å². The number of rotatable bonds is 6. The van der Waals surface area contributed by atoms with Gasteiger partial charge >= 0.3 is 0 Å². The van der Waals surface area contributed by atoms with Gasteiger partial charge < -0.3 is 9.73 Å². The van der Waals surface area contributed by atoms with Crippen molar-refractivity contribution in [2.45, 2.75) is 0 Å². The molecule has 0 atom stereocenters. The lowest BCUT2D eigenvalue weighted by Gasteiger charge is -2.12. The van der Waals surface area contributed by atoms with Gasteiger partial charge in [-0.3, -0.25) is 29.4 Å². The number of carbonyl (C=O) groups excluding carboxylic acids is 3.